The molecule has 1 radical (unpaired) electrons. The van der Waals surface area contributed by atoms with Crippen molar-refractivity contribution >= 4 is 0 Å². The Kier molecular flexibility index (Phi) is 7.71. The number of unbranched alkanes of at least 4 members (excludes halogenated alkanes) is 4. The highest BCUT2D eigenvalue weighted by Crippen LogP contribution is 2.12. The van der Waals surface area contributed by atoms with Gasteiger partial charge in [-0.15, -0.1) is 0 Å². The molecule has 1 rings (SSSR count). The van der Waals surface area contributed by atoms with Crippen LogP contribution in [0.25, 0.3) is 0 Å². The van der Waals surface area contributed by atoms with Gasteiger partial charge in [0.25, 0.3) is 0 Å². The molecule has 101 valence electrons. The van der Waals surface area contributed by atoms with Crippen molar-refractivity contribution in [1.82, 2.24) is 4.98 Å². The van der Waals surface area contributed by atoms with Crippen molar-refractivity contribution < 1.29 is 0 Å². The number of hydrogen-bond donors (Lipinski definition) is 0. The van der Waals surface area contributed by atoms with Crippen LogP contribution in [0.4, 0.5) is 0 Å². The zero-order chi connectivity index (χ0) is 13.2. The van der Waals surface area contributed by atoms with Gasteiger partial charge in [0, 0.05) is 11.4 Å². The van der Waals surface area contributed by atoms with Gasteiger partial charge in [-0.1, -0.05) is 39.5 Å². The van der Waals surface area contributed by atoms with Crippen molar-refractivity contribution in [2.75, 3.05) is 0 Å². The number of pyridine rings is 1. The Morgan fingerprint density at radius 1 is 0.889 bits per heavy atom. The molecule has 0 amide bonds. The van der Waals surface area contributed by atoms with E-state index in [9.17, 15) is 0 Å². The fourth-order valence-electron chi connectivity index (χ4n) is 2.23. The molecule has 0 bridgehead atoms. The van der Waals surface area contributed by atoms with E-state index in [4.69, 9.17) is 4.98 Å². The lowest BCUT2D eigenvalue weighted by Crippen LogP contribution is -1.99. The van der Waals surface area contributed by atoms with Crippen molar-refractivity contribution in [2.24, 2.45) is 0 Å². The van der Waals surface area contributed by atoms with Crippen LogP contribution in [0.2, 0.25) is 0 Å². The van der Waals surface area contributed by atoms with Gasteiger partial charge in [0.15, 0.2) is 0 Å². The standard InChI is InChI=1S/C17H28N/c1-4-7-9-11-16-13-15(6-3)14-17(18-16)12-10-8-5-2/h13-14H,3-12H2,1-2H3. The van der Waals surface area contributed by atoms with Crippen LogP contribution >= 0.6 is 0 Å². The fraction of sp³-hybridized carbons (Fsp3) is 0.647. The molecule has 0 aliphatic carbocycles. The van der Waals surface area contributed by atoms with E-state index in [2.05, 4.69) is 32.9 Å². The van der Waals surface area contributed by atoms with Gasteiger partial charge >= 0.3 is 0 Å². The first kappa shape index (κ1) is 15.2. The lowest BCUT2D eigenvalue weighted by atomic mass is 10.0. The zero-order valence-corrected chi connectivity index (χ0v) is 12.2. The Bertz CT molecular complexity index is 302. The molecule has 1 heterocycles. The van der Waals surface area contributed by atoms with Crippen molar-refractivity contribution in [3.05, 3.63) is 36.0 Å². The quantitative estimate of drug-likeness (QED) is 0.563. The first-order valence-corrected chi connectivity index (χ1v) is 7.58. The van der Waals surface area contributed by atoms with Crippen molar-refractivity contribution in [2.45, 2.75) is 71.6 Å². The summed E-state index contributed by atoms with van der Waals surface area (Å²) in [6.07, 6.45) is 10.8. The molecule has 0 aliphatic rings. The van der Waals surface area contributed by atoms with E-state index >= 15 is 0 Å². The number of aromatic nitrogens is 1. The summed E-state index contributed by atoms with van der Waals surface area (Å²) < 4.78 is 0. The van der Waals surface area contributed by atoms with Gasteiger partial charge in [0.05, 0.1) is 0 Å². The van der Waals surface area contributed by atoms with E-state index < -0.39 is 0 Å². The topological polar surface area (TPSA) is 12.9 Å². The smallest absolute Gasteiger partial charge is 0.0409 e. The van der Waals surface area contributed by atoms with Crippen molar-refractivity contribution in [3.63, 3.8) is 0 Å². The molecular weight excluding hydrogens is 218 g/mol. The van der Waals surface area contributed by atoms with E-state index in [0.717, 1.165) is 19.3 Å². The molecule has 0 saturated heterocycles. The average Bonchev–Trinajstić information content (AvgIpc) is 2.39. The maximum Gasteiger partial charge on any atom is 0.0409 e. The second-order valence-electron chi connectivity index (χ2n) is 5.12. The van der Waals surface area contributed by atoms with Gasteiger partial charge in [0.1, 0.15) is 0 Å². The Morgan fingerprint density at radius 2 is 1.39 bits per heavy atom. The molecule has 1 heteroatoms. The highest BCUT2D eigenvalue weighted by molar-refractivity contribution is 5.22. The molecule has 0 spiro atoms. The van der Waals surface area contributed by atoms with Crippen LogP contribution in [0.1, 0.15) is 69.3 Å². The van der Waals surface area contributed by atoms with Gasteiger partial charge in [-0.25, -0.2) is 0 Å². The predicted octanol–water partition coefficient (Wildman–Crippen LogP) is 4.92. The van der Waals surface area contributed by atoms with E-state index in [1.165, 1.54) is 55.5 Å². The molecule has 1 nitrogen and oxygen atoms in total. The van der Waals surface area contributed by atoms with E-state index in [-0.39, 0.29) is 0 Å². The zero-order valence-electron chi connectivity index (χ0n) is 12.2. The summed E-state index contributed by atoms with van der Waals surface area (Å²) in [6, 6.07) is 4.48. The lowest BCUT2D eigenvalue weighted by Gasteiger charge is -2.08. The highest BCUT2D eigenvalue weighted by atomic mass is 14.7. The normalized spacial score (nSPS) is 10.8. The molecule has 0 N–H and O–H groups in total. The first-order chi connectivity index (χ1) is 8.80. The van der Waals surface area contributed by atoms with Gasteiger partial charge in [-0.2, -0.15) is 0 Å². The summed E-state index contributed by atoms with van der Waals surface area (Å²) >= 11 is 0. The minimum Gasteiger partial charge on any atom is -0.258 e. The molecule has 1 aromatic heterocycles. The van der Waals surface area contributed by atoms with Crippen molar-refractivity contribution in [1.29, 1.82) is 0 Å². The summed E-state index contributed by atoms with van der Waals surface area (Å²) in [5, 5.41) is 0. The minimum atomic E-state index is 0.879. The Balaban J connectivity index is 2.62. The third-order valence-electron chi connectivity index (χ3n) is 3.35. The molecule has 0 saturated carbocycles. The Labute approximate surface area is 113 Å². The first-order valence-electron chi connectivity index (χ1n) is 7.58. The second-order valence-corrected chi connectivity index (χ2v) is 5.12. The third kappa shape index (κ3) is 5.66. The summed E-state index contributed by atoms with van der Waals surface area (Å²) in [6.45, 7) is 8.50. The maximum atomic E-state index is 4.80. The van der Waals surface area contributed by atoms with Crippen LogP contribution in [0, 0.1) is 6.92 Å². The lowest BCUT2D eigenvalue weighted by molar-refractivity contribution is 0.687. The second kappa shape index (κ2) is 9.13. The van der Waals surface area contributed by atoms with E-state index in [1.807, 2.05) is 0 Å². The van der Waals surface area contributed by atoms with Crippen LogP contribution in [0.3, 0.4) is 0 Å². The monoisotopic (exact) mass is 246 g/mol. The van der Waals surface area contributed by atoms with Crippen LogP contribution in [-0.2, 0) is 19.3 Å². The largest absolute Gasteiger partial charge is 0.258 e. The van der Waals surface area contributed by atoms with Gasteiger partial charge in [-0.05, 0) is 56.7 Å². The van der Waals surface area contributed by atoms with Gasteiger partial charge < -0.3 is 0 Å². The van der Waals surface area contributed by atoms with Crippen LogP contribution in [-0.4, -0.2) is 4.98 Å². The predicted molar refractivity (Wildman–Crippen MR) is 79.8 cm³/mol. The van der Waals surface area contributed by atoms with Crippen LogP contribution in [0.5, 0.6) is 0 Å². The Morgan fingerprint density at radius 3 is 1.78 bits per heavy atom. The van der Waals surface area contributed by atoms with Crippen LogP contribution < -0.4 is 0 Å². The molecule has 0 aromatic carbocycles. The van der Waals surface area contributed by atoms with Crippen LogP contribution in [0.15, 0.2) is 12.1 Å². The summed E-state index contributed by atoms with van der Waals surface area (Å²) in [7, 11) is 0. The molecule has 0 unspecified atom stereocenters. The van der Waals surface area contributed by atoms with E-state index in [0.29, 0.717) is 0 Å². The molecule has 0 aliphatic heterocycles. The minimum absolute atomic E-state index is 0.879. The van der Waals surface area contributed by atoms with E-state index in [1.54, 1.807) is 0 Å². The molecule has 0 atom stereocenters. The summed E-state index contributed by atoms with van der Waals surface area (Å²) in [4.78, 5) is 4.80. The average molecular weight is 246 g/mol. The number of rotatable bonds is 9. The maximum absolute atomic E-state index is 4.80. The molecule has 1 aromatic rings. The summed E-state index contributed by atoms with van der Waals surface area (Å²) in [5.41, 5.74) is 3.90. The number of hydrogen-bond acceptors (Lipinski definition) is 1. The van der Waals surface area contributed by atoms with Crippen molar-refractivity contribution in [3.8, 4) is 0 Å². The number of nitrogens with zero attached hydrogens (tertiary/aromatic N) is 1. The molecule has 18 heavy (non-hydrogen) atoms. The van der Waals surface area contributed by atoms with Gasteiger partial charge in [-0.3, -0.25) is 4.98 Å². The molecule has 0 fully saturated rings. The summed E-state index contributed by atoms with van der Waals surface area (Å²) in [5.74, 6) is 0. The highest BCUT2D eigenvalue weighted by Gasteiger charge is 2.02. The van der Waals surface area contributed by atoms with Gasteiger partial charge in [0.2, 0.25) is 0 Å². The Hall–Kier alpha value is -0.850. The third-order valence-corrected chi connectivity index (χ3v) is 3.35. The molecular formula is C17H28N. The fourth-order valence-corrected chi connectivity index (χ4v) is 2.23. The SMILES string of the molecule is [CH2]Cc1cc(CCCCC)nc(CCCCC)c1. The number of aryl methyl sites for hydroxylation is 2.